The van der Waals surface area contributed by atoms with Gasteiger partial charge in [-0.15, -0.1) is 0 Å². The van der Waals surface area contributed by atoms with Gasteiger partial charge < -0.3 is 10.5 Å². The maximum absolute atomic E-state index is 11.9. The molecule has 106 valence electrons. The fourth-order valence-electron chi connectivity index (χ4n) is 2.86. The van der Waals surface area contributed by atoms with Crippen LogP contribution in [-0.4, -0.2) is 21.8 Å². The maximum atomic E-state index is 11.9. The van der Waals surface area contributed by atoms with Gasteiger partial charge in [-0.3, -0.25) is 14.3 Å². The number of nitrogen functional groups attached to an aromatic ring is 1. The monoisotopic (exact) mass is 267 g/mol. The normalized spacial score (nSPS) is 22.3. The van der Waals surface area contributed by atoms with Crippen molar-refractivity contribution < 1.29 is 4.74 Å². The fraction of sp³-hybridized carbons (Fsp3) is 0.692. The molecule has 0 aliphatic carbocycles. The lowest BCUT2D eigenvalue weighted by molar-refractivity contribution is -0.0989. The van der Waals surface area contributed by atoms with E-state index in [-0.39, 0.29) is 17.5 Å². The van der Waals surface area contributed by atoms with Crippen LogP contribution < -0.4 is 17.0 Å². The van der Waals surface area contributed by atoms with E-state index in [2.05, 4.69) is 18.8 Å². The summed E-state index contributed by atoms with van der Waals surface area (Å²) in [6.07, 6.45) is 3.28. The van der Waals surface area contributed by atoms with Crippen molar-refractivity contribution in [3.05, 3.63) is 26.9 Å². The first-order chi connectivity index (χ1) is 9.01. The van der Waals surface area contributed by atoms with Crippen LogP contribution in [0.25, 0.3) is 0 Å². The van der Waals surface area contributed by atoms with Gasteiger partial charge in [0.05, 0.1) is 5.60 Å². The second-order valence-corrected chi connectivity index (χ2v) is 5.12. The second kappa shape index (κ2) is 5.21. The molecule has 1 aliphatic heterocycles. The van der Waals surface area contributed by atoms with E-state index < -0.39 is 11.2 Å². The van der Waals surface area contributed by atoms with E-state index in [1.807, 2.05) is 0 Å². The van der Waals surface area contributed by atoms with E-state index in [9.17, 15) is 9.59 Å². The minimum Gasteiger partial charge on any atom is -0.385 e. The molecule has 1 aliphatic rings. The number of hydrogen-bond acceptors (Lipinski definition) is 4. The van der Waals surface area contributed by atoms with Crippen LogP contribution in [-0.2, 0) is 4.74 Å². The van der Waals surface area contributed by atoms with Crippen LogP contribution in [0, 0.1) is 0 Å². The molecule has 1 atom stereocenters. The molecule has 0 saturated carbocycles. The highest BCUT2D eigenvalue weighted by molar-refractivity contribution is 5.27. The molecule has 1 aromatic heterocycles. The van der Waals surface area contributed by atoms with Gasteiger partial charge in [0.25, 0.3) is 5.56 Å². The van der Waals surface area contributed by atoms with Crippen LogP contribution in [0.15, 0.2) is 15.7 Å². The van der Waals surface area contributed by atoms with Crippen molar-refractivity contribution in [2.75, 3.05) is 12.3 Å². The molecule has 1 aromatic rings. The number of ether oxygens (including phenoxy) is 1. The number of anilines is 1. The fourth-order valence-corrected chi connectivity index (χ4v) is 2.86. The summed E-state index contributed by atoms with van der Waals surface area (Å²) in [5, 5.41) is 0. The van der Waals surface area contributed by atoms with Crippen molar-refractivity contribution in [2.24, 2.45) is 0 Å². The zero-order chi connectivity index (χ0) is 14.0. The first-order valence-corrected chi connectivity index (χ1v) is 6.76. The summed E-state index contributed by atoms with van der Waals surface area (Å²) in [6, 6.07) is 1.24. The molecule has 0 amide bonds. The summed E-state index contributed by atoms with van der Waals surface area (Å²) in [6.45, 7) is 4.78. The van der Waals surface area contributed by atoms with E-state index in [4.69, 9.17) is 10.5 Å². The number of nitrogens with two attached hydrogens (primary N) is 1. The molecular formula is C13H21N3O3. The summed E-state index contributed by atoms with van der Waals surface area (Å²) < 4.78 is 7.38. The lowest BCUT2D eigenvalue weighted by Gasteiger charge is -2.40. The third kappa shape index (κ3) is 2.58. The molecule has 0 aromatic carbocycles. The predicted molar refractivity (Wildman–Crippen MR) is 73.3 cm³/mol. The van der Waals surface area contributed by atoms with Crippen molar-refractivity contribution in [3.8, 4) is 0 Å². The third-order valence-corrected chi connectivity index (χ3v) is 4.13. The summed E-state index contributed by atoms with van der Waals surface area (Å²) in [5.74, 6) is 0.224. The molecule has 0 bridgehead atoms. The topological polar surface area (TPSA) is 90.1 Å². The van der Waals surface area contributed by atoms with Crippen molar-refractivity contribution in [2.45, 2.75) is 51.2 Å². The predicted octanol–water partition coefficient (Wildman–Crippen LogP) is 1.03. The molecule has 0 spiro atoms. The van der Waals surface area contributed by atoms with Gasteiger partial charge in [-0.25, -0.2) is 4.79 Å². The van der Waals surface area contributed by atoms with Gasteiger partial charge in [-0.05, 0) is 25.7 Å². The van der Waals surface area contributed by atoms with E-state index in [1.165, 1.54) is 10.6 Å². The number of rotatable bonds is 3. The zero-order valence-electron chi connectivity index (χ0n) is 11.4. The Hall–Kier alpha value is -1.56. The van der Waals surface area contributed by atoms with E-state index in [0.717, 1.165) is 25.7 Å². The van der Waals surface area contributed by atoms with Crippen LogP contribution in [0.3, 0.4) is 0 Å². The molecule has 1 unspecified atom stereocenters. The molecule has 19 heavy (non-hydrogen) atoms. The number of aromatic nitrogens is 2. The molecular weight excluding hydrogens is 246 g/mol. The molecule has 6 nitrogen and oxygen atoms in total. The Balaban J connectivity index is 2.37. The molecule has 6 heteroatoms. The van der Waals surface area contributed by atoms with Crippen LogP contribution in [0.1, 0.15) is 45.6 Å². The highest BCUT2D eigenvalue weighted by atomic mass is 16.5. The van der Waals surface area contributed by atoms with Crippen LogP contribution >= 0.6 is 0 Å². The lowest BCUT2D eigenvalue weighted by atomic mass is 9.86. The van der Waals surface area contributed by atoms with Crippen LogP contribution in [0.4, 0.5) is 5.82 Å². The Labute approximate surface area is 111 Å². The Morgan fingerprint density at radius 1 is 1.47 bits per heavy atom. The van der Waals surface area contributed by atoms with Gasteiger partial charge >= 0.3 is 5.69 Å². The van der Waals surface area contributed by atoms with Gasteiger partial charge in [-0.2, -0.15) is 0 Å². The van der Waals surface area contributed by atoms with E-state index in [1.54, 1.807) is 0 Å². The Kier molecular flexibility index (Phi) is 3.80. The molecule has 2 heterocycles. The quantitative estimate of drug-likeness (QED) is 0.855. The smallest absolute Gasteiger partial charge is 0.330 e. The van der Waals surface area contributed by atoms with Crippen LogP contribution in [0.5, 0.6) is 0 Å². The SMILES string of the molecule is CCC1(CC)CC(n2c(N)cc(=O)[nH]c2=O)CCO1. The number of hydrogen-bond donors (Lipinski definition) is 2. The van der Waals surface area contributed by atoms with Gasteiger partial charge in [0.2, 0.25) is 0 Å². The molecule has 1 saturated heterocycles. The standard InChI is InChI=1S/C13H21N3O3/c1-3-13(4-2)8-9(5-6-19-13)16-10(14)7-11(17)15-12(16)18/h7,9H,3-6,8,14H2,1-2H3,(H,15,17,18). The first kappa shape index (κ1) is 13.9. The minimum atomic E-state index is -0.456. The van der Waals surface area contributed by atoms with Crippen molar-refractivity contribution >= 4 is 5.82 Å². The Morgan fingerprint density at radius 2 is 2.16 bits per heavy atom. The Bertz CT molecular complexity index is 557. The van der Waals surface area contributed by atoms with Gasteiger partial charge in [0.15, 0.2) is 0 Å². The largest absolute Gasteiger partial charge is 0.385 e. The molecule has 1 fully saturated rings. The zero-order valence-corrected chi connectivity index (χ0v) is 11.4. The third-order valence-electron chi connectivity index (χ3n) is 4.13. The highest BCUT2D eigenvalue weighted by Crippen LogP contribution is 2.37. The summed E-state index contributed by atoms with van der Waals surface area (Å²) in [7, 11) is 0. The number of nitrogens with one attached hydrogen (secondary N) is 1. The first-order valence-electron chi connectivity index (χ1n) is 6.76. The number of aromatic amines is 1. The van der Waals surface area contributed by atoms with Crippen molar-refractivity contribution in [1.82, 2.24) is 9.55 Å². The van der Waals surface area contributed by atoms with E-state index >= 15 is 0 Å². The number of H-pyrrole nitrogens is 1. The average molecular weight is 267 g/mol. The summed E-state index contributed by atoms with van der Waals surface area (Å²) >= 11 is 0. The van der Waals surface area contributed by atoms with Gasteiger partial charge in [0.1, 0.15) is 5.82 Å². The average Bonchev–Trinajstić information content (AvgIpc) is 2.37. The van der Waals surface area contributed by atoms with E-state index in [0.29, 0.717) is 6.61 Å². The maximum Gasteiger partial charge on any atom is 0.330 e. The van der Waals surface area contributed by atoms with Gasteiger partial charge in [-0.1, -0.05) is 13.8 Å². The number of nitrogens with zero attached hydrogens (tertiary/aromatic N) is 1. The molecule has 2 rings (SSSR count). The van der Waals surface area contributed by atoms with Gasteiger partial charge in [0, 0.05) is 18.7 Å². The molecule has 3 N–H and O–H groups in total. The highest BCUT2D eigenvalue weighted by Gasteiger charge is 2.36. The van der Waals surface area contributed by atoms with Crippen LogP contribution in [0.2, 0.25) is 0 Å². The minimum absolute atomic E-state index is 0.0157. The van der Waals surface area contributed by atoms with Crippen molar-refractivity contribution in [3.63, 3.8) is 0 Å². The lowest BCUT2D eigenvalue weighted by Crippen LogP contribution is -2.43. The Morgan fingerprint density at radius 3 is 2.74 bits per heavy atom. The second-order valence-electron chi connectivity index (χ2n) is 5.12. The molecule has 0 radical (unpaired) electrons. The summed E-state index contributed by atoms with van der Waals surface area (Å²) in [5.41, 5.74) is 4.75. The van der Waals surface area contributed by atoms with Crippen molar-refractivity contribution in [1.29, 1.82) is 0 Å². The summed E-state index contributed by atoms with van der Waals surface area (Å²) in [4.78, 5) is 25.4.